The summed E-state index contributed by atoms with van der Waals surface area (Å²) in [6.45, 7) is 7.07. The van der Waals surface area contributed by atoms with Crippen molar-refractivity contribution in [1.82, 2.24) is 10.3 Å². The van der Waals surface area contributed by atoms with Crippen LogP contribution in [0.2, 0.25) is 0 Å². The van der Waals surface area contributed by atoms with Crippen LogP contribution >= 0.6 is 11.3 Å². The minimum Gasteiger partial charge on any atom is -0.377 e. The molecule has 3 N–H and O–H groups in total. The highest BCUT2D eigenvalue weighted by Gasteiger charge is 2.31. The summed E-state index contributed by atoms with van der Waals surface area (Å²) in [6, 6.07) is 1.95. The van der Waals surface area contributed by atoms with Crippen LogP contribution in [-0.4, -0.2) is 36.6 Å². The fourth-order valence-electron chi connectivity index (χ4n) is 2.71. The van der Waals surface area contributed by atoms with Crippen LogP contribution in [0, 0.1) is 6.92 Å². The van der Waals surface area contributed by atoms with Gasteiger partial charge in [0.15, 0.2) is 0 Å². The molecule has 1 aliphatic heterocycles. The molecule has 6 heteroatoms. The normalized spacial score (nSPS) is 23.8. The number of aryl methyl sites for hydroxylation is 1. The summed E-state index contributed by atoms with van der Waals surface area (Å²) in [7, 11) is 1.78. The number of thiophene rings is 1. The number of nitrogens with one attached hydrogen (secondary N) is 1. The van der Waals surface area contributed by atoms with E-state index in [0.717, 1.165) is 32.5 Å². The lowest BCUT2D eigenvalue weighted by atomic mass is 9.94. The standard InChI is InChI=1S/C14H23N3O2S/c1-10-11(7-12(20-10)13(18)16-15)8-17-6-4-5-14(2,9-17)19-3/h7H,4-6,8-9,15H2,1-3H3,(H,16,18). The summed E-state index contributed by atoms with van der Waals surface area (Å²) in [5, 5.41) is 0. The van der Waals surface area contributed by atoms with Crippen molar-refractivity contribution in [2.24, 2.45) is 5.84 Å². The number of hydrogen-bond donors (Lipinski definition) is 2. The number of rotatable bonds is 4. The van der Waals surface area contributed by atoms with Gasteiger partial charge in [0.2, 0.25) is 0 Å². The maximum Gasteiger partial charge on any atom is 0.275 e. The Labute approximate surface area is 124 Å². The second-order valence-corrected chi connectivity index (χ2v) is 6.89. The molecule has 5 nitrogen and oxygen atoms in total. The van der Waals surface area contributed by atoms with Gasteiger partial charge in [0.1, 0.15) is 0 Å². The fourth-order valence-corrected chi connectivity index (χ4v) is 3.65. The van der Waals surface area contributed by atoms with Crippen LogP contribution in [0.15, 0.2) is 6.07 Å². The summed E-state index contributed by atoms with van der Waals surface area (Å²) in [5.41, 5.74) is 3.33. The molecule has 1 atom stereocenters. The first-order chi connectivity index (χ1) is 9.47. The Balaban J connectivity index is 2.06. The van der Waals surface area contributed by atoms with Crippen molar-refractivity contribution in [1.29, 1.82) is 0 Å². The number of ether oxygens (including phenoxy) is 1. The Morgan fingerprint density at radius 3 is 3.05 bits per heavy atom. The highest BCUT2D eigenvalue weighted by atomic mass is 32.1. The lowest BCUT2D eigenvalue weighted by molar-refractivity contribution is -0.0527. The van der Waals surface area contributed by atoms with Gasteiger partial charge in [-0.3, -0.25) is 15.1 Å². The van der Waals surface area contributed by atoms with E-state index in [2.05, 4.69) is 17.2 Å². The van der Waals surface area contributed by atoms with Crippen LogP contribution < -0.4 is 11.3 Å². The number of likely N-dealkylation sites (tertiary alicyclic amines) is 1. The number of piperidine rings is 1. The molecule has 1 saturated heterocycles. The van der Waals surface area contributed by atoms with E-state index in [0.29, 0.717) is 4.88 Å². The van der Waals surface area contributed by atoms with Gasteiger partial charge in [-0.25, -0.2) is 5.84 Å². The summed E-state index contributed by atoms with van der Waals surface area (Å²) >= 11 is 1.49. The van der Waals surface area contributed by atoms with Crippen LogP contribution in [-0.2, 0) is 11.3 Å². The monoisotopic (exact) mass is 297 g/mol. The quantitative estimate of drug-likeness (QED) is 0.504. The fraction of sp³-hybridized carbons (Fsp3) is 0.643. The van der Waals surface area contributed by atoms with Crippen molar-refractivity contribution < 1.29 is 9.53 Å². The summed E-state index contributed by atoms with van der Waals surface area (Å²) < 4.78 is 5.62. The SMILES string of the molecule is COC1(C)CCCN(Cc2cc(C(=O)NN)sc2C)C1. The molecule has 0 radical (unpaired) electrons. The molecule has 0 aromatic carbocycles. The average Bonchev–Trinajstić information content (AvgIpc) is 2.79. The van der Waals surface area contributed by atoms with Gasteiger partial charge >= 0.3 is 0 Å². The van der Waals surface area contributed by atoms with Crippen LogP contribution in [0.1, 0.15) is 39.9 Å². The molecule has 1 aromatic rings. The third kappa shape index (κ3) is 3.38. The predicted octanol–water partition coefficient (Wildman–Crippen LogP) is 1.66. The molecule has 20 heavy (non-hydrogen) atoms. The van der Waals surface area contributed by atoms with Crippen molar-refractivity contribution in [3.05, 3.63) is 21.4 Å². The van der Waals surface area contributed by atoms with Crippen LogP contribution in [0.4, 0.5) is 0 Å². The van der Waals surface area contributed by atoms with Crippen molar-refractivity contribution in [2.45, 2.75) is 38.8 Å². The van der Waals surface area contributed by atoms with E-state index in [4.69, 9.17) is 10.6 Å². The van der Waals surface area contributed by atoms with E-state index >= 15 is 0 Å². The maximum absolute atomic E-state index is 11.6. The number of hydrazine groups is 1. The molecule has 1 aliphatic rings. The number of nitrogens with zero attached hydrogens (tertiary/aromatic N) is 1. The Kier molecular flexibility index (Phi) is 4.80. The zero-order chi connectivity index (χ0) is 14.8. The number of amides is 1. The number of methoxy groups -OCH3 is 1. The summed E-state index contributed by atoms with van der Waals surface area (Å²) in [4.78, 5) is 15.8. The number of hydrogen-bond acceptors (Lipinski definition) is 5. The van der Waals surface area contributed by atoms with Gasteiger partial charge in [-0.2, -0.15) is 0 Å². The van der Waals surface area contributed by atoms with Gasteiger partial charge in [0, 0.05) is 25.1 Å². The molecule has 0 aliphatic carbocycles. The minimum atomic E-state index is -0.218. The van der Waals surface area contributed by atoms with E-state index in [1.807, 2.05) is 13.0 Å². The molecule has 0 bridgehead atoms. The molecule has 1 aromatic heterocycles. The molecule has 0 saturated carbocycles. The molecule has 2 rings (SSSR count). The first-order valence-electron chi connectivity index (χ1n) is 6.85. The molecule has 0 spiro atoms. The summed E-state index contributed by atoms with van der Waals surface area (Å²) in [6.07, 6.45) is 2.24. The highest BCUT2D eigenvalue weighted by molar-refractivity contribution is 7.14. The summed E-state index contributed by atoms with van der Waals surface area (Å²) in [5.74, 6) is 4.96. The maximum atomic E-state index is 11.6. The van der Waals surface area contributed by atoms with Crippen molar-refractivity contribution >= 4 is 17.2 Å². The molecular formula is C14H23N3O2S. The number of nitrogens with two attached hydrogens (primary N) is 1. The van der Waals surface area contributed by atoms with E-state index in [9.17, 15) is 4.79 Å². The molecule has 2 heterocycles. The van der Waals surface area contributed by atoms with E-state index in [1.54, 1.807) is 7.11 Å². The van der Waals surface area contributed by atoms with Crippen molar-refractivity contribution in [3.8, 4) is 0 Å². The molecule has 112 valence electrons. The van der Waals surface area contributed by atoms with Crippen molar-refractivity contribution in [3.63, 3.8) is 0 Å². The predicted molar refractivity (Wildman–Crippen MR) is 80.6 cm³/mol. The smallest absolute Gasteiger partial charge is 0.275 e. The number of nitrogen functional groups attached to an aromatic ring is 1. The molecule has 1 fully saturated rings. The Hall–Kier alpha value is -0.950. The Morgan fingerprint density at radius 2 is 2.40 bits per heavy atom. The first kappa shape index (κ1) is 15.4. The third-order valence-corrected chi connectivity index (χ3v) is 5.09. The van der Waals surface area contributed by atoms with Gasteiger partial charge < -0.3 is 4.74 Å². The lowest BCUT2D eigenvalue weighted by Crippen LogP contribution is -2.46. The Bertz CT molecular complexity index is 489. The lowest BCUT2D eigenvalue weighted by Gasteiger charge is -2.39. The third-order valence-electron chi connectivity index (χ3n) is 4.00. The highest BCUT2D eigenvalue weighted by Crippen LogP contribution is 2.28. The van der Waals surface area contributed by atoms with Gasteiger partial charge in [-0.1, -0.05) is 0 Å². The first-order valence-corrected chi connectivity index (χ1v) is 7.67. The van der Waals surface area contributed by atoms with Gasteiger partial charge in [-0.15, -0.1) is 11.3 Å². The van der Waals surface area contributed by atoms with Gasteiger partial charge in [-0.05, 0) is 44.9 Å². The Morgan fingerprint density at radius 1 is 1.65 bits per heavy atom. The molecule has 1 amide bonds. The topological polar surface area (TPSA) is 67.6 Å². The van der Waals surface area contributed by atoms with Crippen LogP contribution in [0.5, 0.6) is 0 Å². The average molecular weight is 297 g/mol. The van der Waals surface area contributed by atoms with Crippen LogP contribution in [0.25, 0.3) is 0 Å². The van der Waals surface area contributed by atoms with Gasteiger partial charge in [0.05, 0.1) is 10.5 Å². The second kappa shape index (κ2) is 6.22. The van der Waals surface area contributed by atoms with Crippen LogP contribution in [0.3, 0.4) is 0 Å². The number of carbonyl (C=O) groups excluding carboxylic acids is 1. The second-order valence-electron chi connectivity index (χ2n) is 5.63. The largest absolute Gasteiger partial charge is 0.377 e. The van der Waals surface area contributed by atoms with E-state index < -0.39 is 0 Å². The molecular weight excluding hydrogens is 274 g/mol. The molecule has 1 unspecified atom stereocenters. The van der Waals surface area contributed by atoms with Gasteiger partial charge in [0.25, 0.3) is 5.91 Å². The van der Waals surface area contributed by atoms with E-state index in [1.165, 1.54) is 21.8 Å². The van der Waals surface area contributed by atoms with E-state index in [-0.39, 0.29) is 11.5 Å². The minimum absolute atomic E-state index is 0.0559. The zero-order valence-electron chi connectivity index (χ0n) is 12.4. The van der Waals surface area contributed by atoms with Crippen molar-refractivity contribution in [2.75, 3.05) is 20.2 Å². The zero-order valence-corrected chi connectivity index (χ0v) is 13.2. The number of carbonyl (C=O) groups is 1.